The molecule has 5 heteroatoms. The number of hydrogen-bond acceptors (Lipinski definition) is 4. The van der Waals surface area contributed by atoms with Gasteiger partial charge in [-0.1, -0.05) is 13.0 Å². The van der Waals surface area contributed by atoms with Gasteiger partial charge in [-0.25, -0.2) is 9.78 Å². The molecule has 0 saturated carbocycles. The third-order valence-corrected chi connectivity index (χ3v) is 3.28. The van der Waals surface area contributed by atoms with Gasteiger partial charge in [0.15, 0.2) is 0 Å². The van der Waals surface area contributed by atoms with Crippen molar-refractivity contribution in [2.24, 2.45) is 0 Å². The molecule has 0 bridgehead atoms. The van der Waals surface area contributed by atoms with Crippen LogP contribution in [-0.4, -0.2) is 23.2 Å². The Labute approximate surface area is 119 Å². The molecule has 1 aromatic rings. The van der Waals surface area contributed by atoms with Crippen LogP contribution < -0.4 is 4.90 Å². The molecule has 0 saturated heterocycles. The van der Waals surface area contributed by atoms with Gasteiger partial charge in [0.25, 0.3) is 0 Å². The molecule has 1 amide bonds. The predicted molar refractivity (Wildman–Crippen MR) is 75.4 cm³/mol. The number of anilines is 1. The van der Waals surface area contributed by atoms with Gasteiger partial charge in [-0.2, -0.15) is 5.26 Å². The van der Waals surface area contributed by atoms with E-state index >= 15 is 0 Å². The second-order valence-electron chi connectivity index (χ2n) is 6.34. The van der Waals surface area contributed by atoms with Crippen LogP contribution in [0.4, 0.5) is 10.6 Å². The third kappa shape index (κ3) is 2.60. The van der Waals surface area contributed by atoms with Crippen LogP contribution in [0.25, 0.3) is 0 Å². The van der Waals surface area contributed by atoms with Crippen LogP contribution in [0.15, 0.2) is 18.3 Å². The molecule has 1 aliphatic heterocycles. The number of rotatable bonds is 1. The van der Waals surface area contributed by atoms with E-state index in [1.165, 1.54) is 4.90 Å². The molecule has 0 aliphatic carbocycles. The van der Waals surface area contributed by atoms with Crippen molar-refractivity contribution in [3.8, 4) is 6.07 Å². The highest BCUT2D eigenvalue weighted by molar-refractivity contribution is 5.90. The maximum absolute atomic E-state index is 12.3. The Morgan fingerprint density at radius 2 is 2.30 bits per heavy atom. The molecule has 0 aromatic carbocycles. The number of nitrogens with zero attached hydrogens (tertiary/aromatic N) is 3. The van der Waals surface area contributed by atoms with Crippen molar-refractivity contribution in [1.82, 2.24) is 4.98 Å². The minimum absolute atomic E-state index is 0.338. The Morgan fingerprint density at radius 1 is 1.60 bits per heavy atom. The molecule has 106 valence electrons. The molecular weight excluding hydrogens is 254 g/mol. The predicted octanol–water partition coefficient (Wildman–Crippen LogP) is 3.01. The summed E-state index contributed by atoms with van der Waals surface area (Å²) in [6.45, 7) is 7.88. The lowest BCUT2D eigenvalue weighted by Crippen LogP contribution is -2.39. The van der Waals surface area contributed by atoms with Crippen LogP contribution in [0.1, 0.15) is 39.7 Å². The average Bonchev–Trinajstić information content (AvgIpc) is 2.62. The summed E-state index contributed by atoms with van der Waals surface area (Å²) in [4.78, 5) is 18.1. The summed E-state index contributed by atoms with van der Waals surface area (Å²) < 4.78 is 5.41. The van der Waals surface area contributed by atoms with E-state index in [-0.39, 0.29) is 0 Å². The Bertz CT molecular complexity index is 571. The van der Waals surface area contributed by atoms with Gasteiger partial charge in [0.2, 0.25) is 0 Å². The summed E-state index contributed by atoms with van der Waals surface area (Å²) in [6.07, 6.45) is 1.57. The van der Waals surface area contributed by atoms with Crippen LogP contribution in [0.5, 0.6) is 0 Å². The molecule has 2 heterocycles. The van der Waals surface area contributed by atoms with Crippen LogP contribution >= 0.6 is 0 Å². The fourth-order valence-electron chi connectivity index (χ4n) is 2.39. The zero-order valence-corrected chi connectivity index (χ0v) is 12.3. The quantitative estimate of drug-likeness (QED) is 0.789. The van der Waals surface area contributed by atoms with Gasteiger partial charge in [0.1, 0.15) is 11.4 Å². The van der Waals surface area contributed by atoms with Crippen LogP contribution in [-0.2, 0) is 10.2 Å². The molecule has 5 nitrogen and oxygen atoms in total. The Hall–Kier alpha value is -2.09. The maximum Gasteiger partial charge on any atom is 0.416 e. The van der Waals surface area contributed by atoms with Gasteiger partial charge in [-0.05, 0) is 26.8 Å². The van der Waals surface area contributed by atoms with E-state index in [0.717, 1.165) is 5.56 Å². The second-order valence-corrected chi connectivity index (χ2v) is 6.34. The Kier molecular flexibility index (Phi) is 3.43. The van der Waals surface area contributed by atoms with Crippen molar-refractivity contribution in [3.05, 3.63) is 23.9 Å². The second kappa shape index (κ2) is 4.78. The number of nitriles is 1. The molecule has 0 spiro atoms. The number of pyridine rings is 1. The molecule has 20 heavy (non-hydrogen) atoms. The Balaban J connectivity index is 2.35. The maximum atomic E-state index is 12.3. The molecule has 1 atom stereocenters. The molecule has 1 aromatic heterocycles. The largest absolute Gasteiger partial charge is 0.443 e. The number of carbonyl (C=O) groups excluding carboxylic acids is 1. The zero-order chi connectivity index (χ0) is 15.0. The lowest BCUT2D eigenvalue weighted by molar-refractivity contribution is 0.0577. The zero-order valence-electron chi connectivity index (χ0n) is 12.3. The summed E-state index contributed by atoms with van der Waals surface area (Å²) in [5.41, 5.74) is -0.0254. The van der Waals surface area contributed by atoms with Gasteiger partial charge in [-0.3, -0.25) is 4.90 Å². The van der Waals surface area contributed by atoms with E-state index in [4.69, 9.17) is 10.00 Å². The third-order valence-electron chi connectivity index (χ3n) is 3.28. The summed E-state index contributed by atoms with van der Waals surface area (Å²) in [7, 11) is 0. The number of carbonyl (C=O) groups is 1. The van der Waals surface area contributed by atoms with Crippen LogP contribution in [0, 0.1) is 11.3 Å². The highest BCUT2D eigenvalue weighted by atomic mass is 16.6. The molecular formula is C15H19N3O2. The van der Waals surface area contributed by atoms with Gasteiger partial charge in [-0.15, -0.1) is 0 Å². The number of fused-ring (bicyclic) bond motifs is 1. The van der Waals surface area contributed by atoms with Crippen molar-refractivity contribution in [1.29, 1.82) is 5.26 Å². The van der Waals surface area contributed by atoms with E-state index in [1.807, 2.05) is 39.8 Å². The summed E-state index contributed by atoms with van der Waals surface area (Å²) in [6, 6.07) is 5.94. The van der Waals surface area contributed by atoms with Crippen LogP contribution in [0.2, 0.25) is 0 Å². The van der Waals surface area contributed by atoms with Gasteiger partial charge in [0, 0.05) is 30.1 Å². The summed E-state index contributed by atoms with van der Waals surface area (Å²) in [5, 5.41) is 9.02. The van der Waals surface area contributed by atoms with Gasteiger partial charge in [0.05, 0.1) is 6.07 Å². The summed E-state index contributed by atoms with van der Waals surface area (Å²) in [5.74, 6) is 0.597. The summed E-state index contributed by atoms with van der Waals surface area (Å²) >= 11 is 0. The van der Waals surface area contributed by atoms with Gasteiger partial charge >= 0.3 is 6.09 Å². The smallest absolute Gasteiger partial charge is 0.416 e. The van der Waals surface area contributed by atoms with E-state index < -0.39 is 17.1 Å². The van der Waals surface area contributed by atoms with E-state index in [0.29, 0.717) is 18.8 Å². The molecule has 1 unspecified atom stereocenters. The highest BCUT2D eigenvalue weighted by Crippen LogP contribution is 2.41. The van der Waals surface area contributed by atoms with Gasteiger partial charge < -0.3 is 4.74 Å². The number of hydrogen-bond donors (Lipinski definition) is 0. The molecule has 0 radical (unpaired) electrons. The standard InChI is InChI=1S/C15H19N3O2/c1-14(2,3)20-13(19)18-10-15(4,7-8-16)11-6-5-9-17-12(11)18/h5-6,9H,7,10H2,1-4H3. The number of aromatic nitrogens is 1. The monoisotopic (exact) mass is 273 g/mol. The van der Waals surface area contributed by atoms with E-state index in [1.54, 1.807) is 6.20 Å². The topological polar surface area (TPSA) is 66.2 Å². The fraction of sp³-hybridized carbons (Fsp3) is 0.533. The molecule has 1 aliphatic rings. The van der Waals surface area contributed by atoms with Crippen molar-refractivity contribution in [2.75, 3.05) is 11.4 Å². The molecule has 2 rings (SSSR count). The minimum atomic E-state index is -0.555. The number of ether oxygens (including phenoxy) is 1. The van der Waals surface area contributed by atoms with E-state index in [9.17, 15) is 4.79 Å². The lowest BCUT2D eigenvalue weighted by Gasteiger charge is -2.26. The normalized spacial score (nSPS) is 21.2. The Morgan fingerprint density at radius 3 is 2.90 bits per heavy atom. The molecule has 0 N–H and O–H groups in total. The van der Waals surface area contributed by atoms with Crippen LogP contribution in [0.3, 0.4) is 0 Å². The van der Waals surface area contributed by atoms with E-state index in [2.05, 4.69) is 11.1 Å². The highest BCUT2D eigenvalue weighted by Gasteiger charge is 2.43. The molecule has 0 fully saturated rings. The first kappa shape index (κ1) is 14.3. The average molecular weight is 273 g/mol. The van der Waals surface area contributed by atoms with Crippen molar-refractivity contribution >= 4 is 11.9 Å². The first-order valence-corrected chi connectivity index (χ1v) is 6.60. The SMILES string of the molecule is CC(C)(C)OC(=O)N1CC(C)(CC#N)c2cccnc21. The number of amides is 1. The van der Waals surface area contributed by atoms with Crippen molar-refractivity contribution in [3.63, 3.8) is 0 Å². The van der Waals surface area contributed by atoms with Crippen molar-refractivity contribution < 1.29 is 9.53 Å². The first-order chi connectivity index (χ1) is 9.27. The first-order valence-electron chi connectivity index (χ1n) is 6.60. The lowest BCUT2D eigenvalue weighted by atomic mass is 9.83. The minimum Gasteiger partial charge on any atom is -0.443 e. The van der Waals surface area contributed by atoms with Crippen molar-refractivity contribution in [2.45, 2.75) is 45.1 Å². The fourth-order valence-corrected chi connectivity index (χ4v) is 2.39.